The Morgan fingerprint density at radius 2 is 1.65 bits per heavy atom. The smallest absolute Gasteiger partial charge is 0.241 e. The summed E-state index contributed by atoms with van der Waals surface area (Å²) in [6, 6.07) is 18.4. The van der Waals surface area contributed by atoms with Gasteiger partial charge in [-0.25, -0.2) is 0 Å². The molecule has 0 spiro atoms. The molecule has 1 aliphatic rings. The summed E-state index contributed by atoms with van der Waals surface area (Å²) in [5.74, 6) is 0.0806. The highest BCUT2D eigenvalue weighted by molar-refractivity contribution is 5.80. The summed E-state index contributed by atoms with van der Waals surface area (Å²) in [6.07, 6.45) is 0. The minimum Gasteiger partial charge on any atom is -0.376 e. The molecule has 3 rings (SSSR count). The highest BCUT2D eigenvalue weighted by Gasteiger charge is 2.14. The largest absolute Gasteiger partial charge is 0.376 e. The zero-order valence-corrected chi connectivity index (χ0v) is 15.7. The Bertz CT molecular complexity index is 694. The molecular formula is C21H28N4O. The first kappa shape index (κ1) is 18.3. The van der Waals surface area contributed by atoms with Gasteiger partial charge >= 0.3 is 0 Å². The summed E-state index contributed by atoms with van der Waals surface area (Å²) < 4.78 is 0. The molecule has 0 radical (unpaired) electrons. The van der Waals surface area contributed by atoms with Crippen molar-refractivity contribution in [1.29, 1.82) is 0 Å². The zero-order valence-electron chi connectivity index (χ0n) is 15.7. The molecule has 1 N–H and O–H groups in total. The molecule has 0 aliphatic carbocycles. The summed E-state index contributed by atoms with van der Waals surface area (Å²) in [6.45, 7) is 5.25. The van der Waals surface area contributed by atoms with E-state index < -0.39 is 0 Å². The number of amides is 1. The molecule has 1 aliphatic heterocycles. The molecule has 1 saturated heterocycles. The number of carbonyl (C=O) groups excluding carboxylic acids is 1. The number of likely N-dealkylation sites (N-methyl/N-ethyl adjacent to an activating group) is 2. The minimum absolute atomic E-state index is 0.0806. The van der Waals surface area contributed by atoms with Crippen molar-refractivity contribution in [3.05, 3.63) is 60.2 Å². The van der Waals surface area contributed by atoms with Gasteiger partial charge < -0.3 is 20.0 Å². The standard InChI is InChI=1S/C21H28N4O/c1-23-12-14-25(15-13-23)20-10-8-19(9-11-20)22-16-21(26)24(2)17-18-6-4-3-5-7-18/h3-11,22H,12-17H2,1-2H3. The van der Waals surface area contributed by atoms with E-state index in [1.807, 2.05) is 37.4 Å². The molecule has 1 amide bonds. The van der Waals surface area contributed by atoms with Crippen molar-refractivity contribution in [3.63, 3.8) is 0 Å². The molecule has 138 valence electrons. The average Bonchev–Trinajstić information content (AvgIpc) is 2.68. The Morgan fingerprint density at radius 3 is 2.31 bits per heavy atom. The number of hydrogen-bond acceptors (Lipinski definition) is 4. The molecule has 5 nitrogen and oxygen atoms in total. The molecule has 0 aromatic heterocycles. The van der Waals surface area contributed by atoms with E-state index in [2.05, 4.69) is 46.4 Å². The Morgan fingerprint density at radius 1 is 1.00 bits per heavy atom. The number of benzene rings is 2. The number of hydrogen-bond donors (Lipinski definition) is 1. The number of nitrogens with one attached hydrogen (secondary N) is 1. The molecule has 0 bridgehead atoms. The predicted octanol–water partition coefficient (Wildman–Crippen LogP) is 2.51. The quantitative estimate of drug-likeness (QED) is 0.867. The van der Waals surface area contributed by atoms with Crippen LogP contribution in [-0.4, -0.2) is 62.5 Å². The fraction of sp³-hybridized carbons (Fsp3) is 0.381. The van der Waals surface area contributed by atoms with Crippen LogP contribution < -0.4 is 10.2 Å². The van der Waals surface area contributed by atoms with Crippen LogP contribution in [0.3, 0.4) is 0 Å². The van der Waals surface area contributed by atoms with Crippen LogP contribution in [0.2, 0.25) is 0 Å². The number of nitrogens with zero attached hydrogens (tertiary/aromatic N) is 3. The first-order chi connectivity index (χ1) is 12.6. The third-order valence-corrected chi connectivity index (χ3v) is 4.87. The molecule has 5 heteroatoms. The highest BCUT2D eigenvalue weighted by Crippen LogP contribution is 2.19. The Kier molecular flexibility index (Phi) is 6.12. The van der Waals surface area contributed by atoms with Crippen LogP contribution in [0.15, 0.2) is 54.6 Å². The van der Waals surface area contributed by atoms with Crippen LogP contribution in [0, 0.1) is 0 Å². The van der Waals surface area contributed by atoms with Gasteiger partial charge in [-0.3, -0.25) is 4.79 Å². The molecule has 26 heavy (non-hydrogen) atoms. The Hall–Kier alpha value is -2.53. The number of anilines is 2. The van der Waals surface area contributed by atoms with E-state index in [1.165, 1.54) is 5.69 Å². The van der Waals surface area contributed by atoms with Crippen molar-refractivity contribution in [1.82, 2.24) is 9.80 Å². The van der Waals surface area contributed by atoms with E-state index in [0.29, 0.717) is 13.1 Å². The maximum Gasteiger partial charge on any atom is 0.241 e. The molecule has 0 atom stereocenters. The monoisotopic (exact) mass is 352 g/mol. The van der Waals surface area contributed by atoms with E-state index in [-0.39, 0.29) is 5.91 Å². The van der Waals surface area contributed by atoms with Gasteiger partial charge in [-0.15, -0.1) is 0 Å². The van der Waals surface area contributed by atoms with Crippen LogP contribution in [-0.2, 0) is 11.3 Å². The highest BCUT2D eigenvalue weighted by atomic mass is 16.2. The fourth-order valence-corrected chi connectivity index (χ4v) is 3.11. The topological polar surface area (TPSA) is 38.8 Å². The van der Waals surface area contributed by atoms with E-state index in [9.17, 15) is 4.79 Å². The molecule has 1 fully saturated rings. The van der Waals surface area contributed by atoms with Crippen LogP contribution in [0.1, 0.15) is 5.56 Å². The second-order valence-corrected chi connectivity index (χ2v) is 6.93. The average molecular weight is 352 g/mol. The number of carbonyl (C=O) groups is 1. The second kappa shape index (κ2) is 8.72. The maximum atomic E-state index is 12.3. The number of rotatable bonds is 6. The lowest BCUT2D eigenvalue weighted by Crippen LogP contribution is -2.44. The van der Waals surface area contributed by atoms with E-state index in [1.54, 1.807) is 4.90 Å². The normalized spacial score (nSPS) is 14.9. The summed E-state index contributed by atoms with van der Waals surface area (Å²) >= 11 is 0. The van der Waals surface area contributed by atoms with Gasteiger partial charge in [0.1, 0.15) is 0 Å². The third kappa shape index (κ3) is 4.99. The van der Waals surface area contributed by atoms with E-state index >= 15 is 0 Å². The first-order valence-electron chi connectivity index (χ1n) is 9.17. The maximum absolute atomic E-state index is 12.3. The van der Waals surface area contributed by atoms with Crippen molar-refractivity contribution in [2.24, 2.45) is 0 Å². The van der Waals surface area contributed by atoms with Crippen molar-refractivity contribution < 1.29 is 4.79 Å². The van der Waals surface area contributed by atoms with Gasteiger partial charge in [0.25, 0.3) is 0 Å². The zero-order chi connectivity index (χ0) is 18.4. The van der Waals surface area contributed by atoms with Crippen molar-refractivity contribution >= 4 is 17.3 Å². The molecular weight excluding hydrogens is 324 g/mol. The van der Waals surface area contributed by atoms with Crippen LogP contribution in [0.4, 0.5) is 11.4 Å². The summed E-state index contributed by atoms with van der Waals surface area (Å²) in [4.78, 5) is 18.8. The lowest BCUT2D eigenvalue weighted by Gasteiger charge is -2.34. The fourth-order valence-electron chi connectivity index (χ4n) is 3.11. The predicted molar refractivity (Wildman–Crippen MR) is 108 cm³/mol. The van der Waals surface area contributed by atoms with Crippen molar-refractivity contribution in [2.45, 2.75) is 6.54 Å². The van der Waals surface area contributed by atoms with Gasteiger partial charge in [0, 0.05) is 51.1 Å². The molecule has 0 saturated carbocycles. The third-order valence-electron chi connectivity index (χ3n) is 4.87. The first-order valence-corrected chi connectivity index (χ1v) is 9.17. The van der Waals surface area contributed by atoms with E-state index in [0.717, 1.165) is 37.4 Å². The molecule has 1 heterocycles. The second-order valence-electron chi connectivity index (χ2n) is 6.93. The van der Waals surface area contributed by atoms with Crippen LogP contribution >= 0.6 is 0 Å². The number of piperazine rings is 1. The lowest BCUT2D eigenvalue weighted by atomic mass is 10.2. The van der Waals surface area contributed by atoms with Crippen LogP contribution in [0.5, 0.6) is 0 Å². The van der Waals surface area contributed by atoms with E-state index in [4.69, 9.17) is 0 Å². The summed E-state index contributed by atoms with van der Waals surface area (Å²) in [5.41, 5.74) is 3.36. The molecule has 0 unspecified atom stereocenters. The van der Waals surface area contributed by atoms with Gasteiger partial charge in [-0.1, -0.05) is 30.3 Å². The van der Waals surface area contributed by atoms with Gasteiger partial charge in [-0.05, 0) is 36.9 Å². The minimum atomic E-state index is 0.0806. The van der Waals surface area contributed by atoms with Crippen molar-refractivity contribution in [3.8, 4) is 0 Å². The Labute approximate surface area is 156 Å². The molecule has 2 aromatic rings. The summed E-state index contributed by atoms with van der Waals surface area (Å²) in [7, 11) is 4.00. The van der Waals surface area contributed by atoms with Gasteiger partial charge in [0.2, 0.25) is 5.91 Å². The van der Waals surface area contributed by atoms with Crippen LogP contribution in [0.25, 0.3) is 0 Å². The van der Waals surface area contributed by atoms with Gasteiger partial charge in [0.05, 0.1) is 6.54 Å². The lowest BCUT2D eigenvalue weighted by molar-refractivity contribution is -0.128. The SMILES string of the molecule is CN1CCN(c2ccc(NCC(=O)N(C)Cc3ccccc3)cc2)CC1. The van der Waals surface area contributed by atoms with Gasteiger partial charge in [-0.2, -0.15) is 0 Å². The molecule has 2 aromatic carbocycles. The summed E-state index contributed by atoms with van der Waals surface area (Å²) in [5, 5.41) is 3.23. The van der Waals surface area contributed by atoms with Crippen molar-refractivity contribution in [2.75, 3.05) is 57.0 Å². The Balaban J connectivity index is 1.47. The van der Waals surface area contributed by atoms with Gasteiger partial charge in [0.15, 0.2) is 0 Å².